The lowest BCUT2D eigenvalue weighted by atomic mass is 9.90. The molecule has 0 atom stereocenters. The molecule has 6 rings (SSSR count). The fourth-order valence-electron chi connectivity index (χ4n) is 5.49. The van der Waals surface area contributed by atoms with Crippen LogP contribution in [0.15, 0.2) is 90.1 Å². The molecule has 0 bridgehead atoms. The molecule has 1 fully saturated rings. The summed E-state index contributed by atoms with van der Waals surface area (Å²) in [6.45, 7) is 2.13. The molecule has 0 spiro atoms. The Labute approximate surface area is 227 Å². The molecule has 1 saturated carbocycles. The molecule has 1 aliphatic rings. The number of H-pyrrole nitrogens is 1. The zero-order valence-electron chi connectivity index (χ0n) is 22.2. The monoisotopic (exact) mass is 516 g/mol. The fraction of sp³-hybridized carbons (Fsp3) is 0.273. The second kappa shape index (κ2) is 10.4. The Morgan fingerprint density at radius 2 is 1.79 bits per heavy atom. The summed E-state index contributed by atoms with van der Waals surface area (Å²) in [7, 11) is 0. The van der Waals surface area contributed by atoms with Crippen molar-refractivity contribution in [3.8, 4) is 11.3 Å². The maximum atomic E-state index is 13.7. The number of aromatic amines is 1. The topological polar surface area (TPSA) is 80.6 Å². The Morgan fingerprint density at radius 3 is 2.54 bits per heavy atom. The molecule has 0 unspecified atom stereocenters. The fourth-order valence-corrected chi connectivity index (χ4v) is 5.49. The smallest absolute Gasteiger partial charge is 0.273 e. The minimum atomic E-state index is -0.166. The first-order valence-electron chi connectivity index (χ1n) is 13.7. The average Bonchev–Trinajstić information content (AvgIpc) is 3.63. The van der Waals surface area contributed by atoms with E-state index in [1.165, 1.54) is 11.1 Å². The van der Waals surface area contributed by atoms with Crippen LogP contribution in [0.4, 0.5) is 0 Å². The lowest BCUT2D eigenvalue weighted by molar-refractivity contribution is -0.119. The largest absolute Gasteiger partial charge is 0.358 e. The number of Topliss-reactive ketones (excluding diaryl/α,β-unsaturated/α-hetero) is 1. The molecule has 3 aromatic heterocycles. The summed E-state index contributed by atoms with van der Waals surface area (Å²) in [6, 6.07) is 22.4. The molecule has 196 valence electrons. The van der Waals surface area contributed by atoms with Crippen LogP contribution in [-0.2, 0) is 29.6 Å². The molecule has 6 heteroatoms. The molecule has 2 aromatic carbocycles. The van der Waals surface area contributed by atoms with E-state index in [-0.39, 0.29) is 23.3 Å². The molecule has 5 aromatic rings. The third kappa shape index (κ3) is 5.32. The summed E-state index contributed by atoms with van der Waals surface area (Å²) < 4.78 is 1.63. The standard InChI is InChI=1S/C33H32N4O2/c1-23-7-9-26(10-8-23)33(16-17-33)15-13-30-32(39)37(31(21-35-30)24-5-3-2-4-6-24)22-28(38)12-11-27-19-25-20-34-18-14-29(25)36-27/h2-10,14,18-21,36H,11-13,15-17,22H2,1H3. The van der Waals surface area contributed by atoms with Gasteiger partial charge >= 0.3 is 0 Å². The van der Waals surface area contributed by atoms with Gasteiger partial charge in [-0.1, -0.05) is 60.2 Å². The van der Waals surface area contributed by atoms with Crippen molar-refractivity contribution in [2.75, 3.05) is 0 Å². The van der Waals surface area contributed by atoms with Gasteiger partial charge in [-0.05, 0) is 67.7 Å². The van der Waals surface area contributed by atoms with Crippen molar-refractivity contribution < 1.29 is 4.79 Å². The van der Waals surface area contributed by atoms with Crippen molar-refractivity contribution in [1.29, 1.82) is 0 Å². The highest BCUT2D eigenvalue weighted by Gasteiger charge is 2.43. The predicted octanol–water partition coefficient (Wildman–Crippen LogP) is 5.96. The van der Waals surface area contributed by atoms with Crippen molar-refractivity contribution >= 4 is 16.7 Å². The van der Waals surface area contributed by atoms with E-state index in [4.69, 9.17) is 0 Å². The van der Waals surface area contributed by atoms with Crippen LogP contribution in [0.2, 0.25) is 0 Å². The summed E-state index contributed by atoms with van der Waals surface area (Å²) in [4.78, 5) is 39.1. The van der Waals surface area contributed by atoms with Crippen LogP contribution < -0.4 is 5.56 Å². The first-order chi connectivity index (χ1) is 19.0. The highest BCUT2D eigenvalue weighted by atomic mass is 16.1. The highest BCUT2D eigenvalue weighted by Crippen LogP contribution is 2.51. The molecule has 3 heterocycles. The van der Waals surface area contributed by atoms with Crippen LogP contribution in [0, 0.1) is 6.92 Å². The first-order valence-corrected chi connectivity index (χ1v) is 13.7. The minimum Gasteiger partial charge on any atom is -0.358 e. The van der Waals surface area contributed by atoms with Gasteiger partial charge in [0.25, 0.3) is 5.56 Å². The number of rotatable bonds is 10. The van der Waals surface area contributed by atoms with Gasteiger partial charge in [-0.15, -0.1) is 0 Å². The third-order valence-electron chi connectivity index (χ3n) is 8.04. The first kappa shape index (κ1) is 25.0. The maximum Gasteiger partial charge on any atom is 0.273 e. The molecule has 6 nitrogen and oxygen atoms in total. The Bertz CT molecular complexity index is 1650. The SMILES string of the molecule is Cc1ccc(C2(CCc3ncc(-c4ccccc4)n(CC(=O)CCc4cc5cnccc5[nH]4)c3=O)CC2)cc1. The Hall–Kier alpha value is -4.32. The number of nitrogens with one attached hydrogen (secondary N) is 1. The van der Waals surface area contributed by atoms with Gasteiger partial charge in [-0.25, -0.2) is 0 Å². The van der Waals surface area contributed by atoms with E-state index in [2.05, 4.69) is 46.1 Å². The van der Waals surface area contributed by atoms with E-state index >= 15 is 0 Å². The van der Waals surface area contributed by atoms with Gasteiger partial charge in [-0.3, -0.25) is 24.1 Å². The number of aromatic nitrogens is 4. The van der Waals surface area contributed by atoms with Crippen LogP contribution in [0.1, 0.15) is 48.2 Å². The van der Waals surface area contributed by atoms with Gasteiger partial charge in [0.15, 0.2) is 5.78 Å². The van der Waals surface area contributed by atoms with E-state index in [1.807, 2.05) is 48.7 Å². The van der Waals surface area contributed by atoms with Crippen molar-refractivity contribution in [3.05, 3.63) is 118 Å². The zero-order chi connectivity index (χ0) is 26.8. The molecule has 1 N–H and O–H groups in total. The number of carbonyl (C=O) groups excluding carboxylic acids is 1. The average molecular weight is 517 g/mol. The van der Waals surface area contributed by atoms with E-state index in [0.717, 1.165) is 41.4 Å². The Kier molecular flexibility index (Phi) is 6.69. The molecule has 39 heavy (non-hydrogen) atoms. The molecule has 0 amide bonds. The number of carbonyl (C=O) groups is 1. The Balaban J connectivity index is 1.22. The molecule has 0 saturated heterocycles. The van der Waals surface area contributed by atoms with E-state index in [0.29, 0.717) is 30.7 Å². The number of hydrogen-bond donors (Lipinski definition) is 1. The van der Waals surface area contributed by atoms with Crippen molar-refractivity contribution in [3.63, 3.8) is 0 Å². The number of ketones is 1. The van der Waals surface area contributed by atoms with Gasteiger partial charge < -0.3 is 4.98 Å². The van der Waals surface area contributed by atoms with E-state index in [9.17, 15) is 9.59 Å². The predicted molar refractivity (Wildman–Crippen MR) is 154 cm³/mol. The number of fused-ring (bicyclic) bond motifs is 1. The van der Waals surface area contributed by atoms with Gasteiger partial charge in [-0.2, -0.15) is 0 Å². The van der Waals surface area contributed by atoms with Crippen molar-refractivity contribution in [2.45, 2.75) is 57.4 Å². The van der Waals surface area contributed by atoms with Gasteiger partial charge in [0.1, 0.15) is 5.69 Å². The number of aryl methyl sites for hydroxylation is 3. The lowest BCUT2D eigenvalue weighted by Crippen LogP contribution is -2.30. The Morgan fingerprint density at radius 1 is 1.00 bits per heavy atom. The number of pyridine rings is 1. The molecule has 0 radical (unpaired) electrons. The van der Waals surface area contributed by atoms with E-state index in [1.54, 1.807) is 17.0 Å². The van der Waals surface area contributed by atoms with Crippen LogP contribution in [0.5, 0.6) is 0 Å². The lowest BCUT2D eigenvalue weighted by Gasteiger charge is -2.17. The summed E-state index contributed by atoms with van der Waals surface area (Å²) in [6.07, 6.45) is 9.99. The van der Waals surface area contributed by atoms with Crippen molar-refractivity contribution in [1.82, 2.24) is 19.5 Å². The summed E-state index contributed by atoms with van der Waals surface area (Å²) >= 11 is 0. The normalized spacial score (nSPS) is 14.0. The van der Waals surface area contributed by atoms with Crippen molar-refractivity contribution in [2.24, 2.45) is 0 Å². The second-order valence-corrected chi connectivity index (χ2v) is 10.8. The van der Waals surface area contributed by atoms with Crippen LogP contribution in [0.3, 0.4) is 0 Å². The van der Waals surface area contributed by atoms with Crippen LogP contribution in [-0.4, -0.2) is 25.3 Å². The highest BCUT2D eigenvalue weighted by molar-refractivity contribution is 5.81. The minimum absolute atomic E-state index is 0.0153. The maximum absolute atomic E-state index is 13.7. The molecular formula is C33H32N4O2. The summed E-state index contributed by atoms with van der Waals surface area (Å²) in [5.41, 5.74) is 6.65. The third-order valence-corrected chi connectivity index (χ3v) is 8.04. The second-order valence-electron chi connectivity index (χ2n) is 10.8. The molecular weight excluding hydrogens is 484 g/mol. The molecule has 1 aliphatic carbocycles. The summed E-state index contributed by atoms with van der Waals surface area (Å²) in [5, 5.41) is 1.03. The van der Waals surface area contributed by atoms with Gasteiger partial charge in [0.05, 0.1) is 18.4 Å². The number of hydrogen-bond acceptors (Lipinski definition) is 4. The quantitative estimate of drug-likeness (QED) is 0.248. The van der Waals surface area contributed by atoms with E-state index < -0.39 is 0 Å². The molecule has 0 aliphatic heterocycles. The number of benzene rings is 2. The number of nitrogens with zero attached hydrogens (tertiary/aromatic N) is 3. The van der Waals surface area contributed by atoms with Gasteiger partial charge in [0, 0.05) is 35.4 Å². The van der Waals surface area contributed by atoms with Crippen LogP contribution >= 0.6 is 0 Å². The van der Waals surface area contributed by atoms with Crippen LogP contribution in [0.25, 0.3) is 22.2 Å². The van der Waals surface area contributed by atoms with Gasteiger partial charge in [0.2, 0.25) is 0 Å². The summed E-state index contributed by atoms with van der Waals surface area (Å²) in [5.74, 6) is 0.0153. The zero-order valence-corrected chi connectivity index (χ0v) is 22.2.